The van der Waals surface area contributed by atoms with Crippen LogP contribution in [0.25, 0.3) is 0 Å². The molecule has 2 aromatic rings. The van der Waals surface area contributed by atoms with E-state index in [9.17, 15) is 36.5 Å². The Labute approximate surface area is 201 Å². The summed E-state index contributed by atoms with van der Waals surface area (Å²) in [7, 11) is 0. The Hall–Kier alpha value is -3.36. The summed E-state index contributed by atoms with van der Waals surface area (Å²) in [5, 5.41) is 19.5. The molecule has 15 heteroatoms. The number of nitro groups is 1. The molecule has 0 radical (unpaired) electrons. The second-order valence-electron chi connectivity index (χ2n) is 8.29. The van der Waals surface area contributed by atoms with Crippen molar-refractivity contribution in [1.82, 2.24) is 15.3 Å². The van der Waals surface area contributed by atoms with Gasteiger partial charge in [-0.15, -0.1) is 13.2 Å². The predicted molar refractivity (Wildman–Crippen MR) is 117 cm³/mol. The molecule has 0 spiro atoms. The molecule has 9 nitrogen and oxygen atoms in total. The number of alkyl halides is 6. The average Bonchev–Trinajstić information content (AvgIpc) is 2.80. The van der Waals surface area contributed by atoms with Crippen LogP contribution >= 0.6 is 0 Å². The zero-order chi connectivity index (χ0) is 26.3. The SMILES string of the molecule is O=[N+]([O-])c1cnc(NCc2ccccc2OC(F)(F)F)nc1NC[C@H]1CC[C@H](NCC(F)(F)F)CC1. The van der Waals surface area contributed by atoms with Crippen molar-refractivity contribution in [2.75, 3.05) is 23.7 Å². The second-order valence-corrected chi connectivity index (χ2v) is 8.29. The standard InChI is InChI=1S/C21H24F6N6O3/c22-20(23,24)12-31-15-7-5-13(6-8-15)9-28-18-16(33(34)35)11-30-19(32-18)29-10-14-3-1-2-4-17(14)36-21(25,26)27/h1-4,11,13,15,31H,5-10,12H2,(H2,28,29,30,32)/t13-,15-. The molecule has 0 aliphatic heterocycles. The highest BCUT2D eigenvalue weighted by atomic mass is 19.4. The summed E-state index contributed by atoms with van der Waals surface area (Å²) in [5.41, 5.74) is -0.218. The quantitative estimate of drug-likeness (QED) is 0.227. The Morgan fingerprint density at radius 2 is 1.75 bits per heavy atom. The maximum atomic E-state index is 12.6. The first-order valence-corrected chi connectivity index (χ1v) is 11.0. The molecule has 1 aromatic heterocycles. The number of aromatic nitrogens is 2. The fourth-order valence-corrected chi connectivity index (χ4v) is 3.84. The van der Waals surface area contributed by atoms with Gasteiger partial charge < -0.3 is 20.7 Å². The van der Waals surface area contributed by atoms with Crippen molar-refractivity contribution in [2.45, 2.75) is 50.8 Å². The Bertz CT molecular complexity index is 1030. The molecular weight excluding hydrogens is 498 g/mol. The molecule has 36 heavy (non-hydrogen) atoms. The molecule has 1 aromatic carbocycles. The van der Waals surface area contributed by atoms with Crippen LogP contribution < -0.4 is 20.7 Å². The molecule has 198 valence electrons. The summed E-state index contributed by atoms with van der Waals surface area (Å²) in [5.74, 6) is -0.455. The Morgan fingerprint density at radius 1 is 1.06 bits per heavy atom. The number of anilines is 2. The van der Waals surface area contributed by atoms with E-state index in [1.165, 1.54) is 18.2 Å². The molecule has 0 saturated heterocycles. The van der Waals surface area contributed by atoms with Crippen molar-refractivity contribution >= 4 is 17.5 Å². The minimum Gasteiger partial charge on any atom is -0.405 e. The van der Waals surface area contributed by atoms with E-state index in [0.29, 0.717) is 32.2 Å². The molecule has 1 saturated carbocycles. The van der Waals surface area contributed by atoms with Crippen LogP contribution in [0.4, 0.5) is 43.8 Å². The molecule has 1 aliphatic carbocycles. The minimum absolute atomic E-state index is 0.0510. The second kappa shape index (κ2) is 11.6. The van der Waals surface area contributed by atoms with Crippen LogP contribution in [-0.4, -0.2) is 46.6 Å². The van der Waals surface area contributed by atoms with E-state index in [0.717, 1.165) is 12.3 Å². The largest absolute Gasteiger partial charge is 0.573 e. The molecule has 3 N–H and O–H groups in total. The number of ether oxygens (including phenoxy) is 1. The van der Waals surface area contributed by atoms with Crippen LogP contribution in [0.15, 0.2) is 30.5 Å². The first-order valence-electron chi connectivity index (χ1n) is 11.0. The van der Waals surface area contributed by atoms with Crippen molar-refractivity contribution in [3.8, 4) is 5.75 Å². The molecule has 0 atom stereocenters. The van der Waals surface area contributed by atoms with Gasteiger partial charge >= 0.3 is 18.2 Å². The van der Waals surface area contributed by atoms with Gasteiger partial charge in [0, 0.05) is 24.7 Å². The van der Waals surface area contributed by atoms with Gasteiger partial charge in [-0.2, -0.15) is 18.2 Å². The van der Waals surface area contributed by atoms with Crippen LogP contribution in [0.3, 0.4) is 0 Å². The summed E-state index contributed by atoms with van der Waals surface area (Å²) in [6.45, 7) is -0.875. The van der Waals surface area contributed by atoms with E-state index in [-0.39, 0.29) is 41.5 Å². The highest BCUT2D eigenvalue weighted by molar-refractivity contribution is 5.57. The van der Waals surface area contributed by atoms with Crippen molar-refractivity contribution in [1.29, 1.82) is 0 Å². The topological polar surface area (TPSA) is 114 Å². The van der Waals surface area contributed by atoms with Gasteiger partial charge in [-0.05, 0) is 37.7 Å². The lowest BCUT2D eigenvalue weighted by Crippen LogP contribution is -2.39. The maximum Gasteiger partial charge on any atom is 0.573 e. The van der Waals surface area contributed by atoms with Crippen LogP contribution in [0, 0.1) is 16.0 Å². The summed E-state index contributed by atoms with van der Waals surface area (Å²) in [6, 6.07) is 5.24. The number of benzene rings is 1. The maximum absolute atomic E-state index is 12.6. The fourth-order valence-electron chi connectivity index (χ4n) is 3.84. The monoisotopic (exact) mass is 522 g/mol. The third-order valence-electron chi connectivity index (χ3n) is 5.60. The van der Waals surface area contributed by atoms with E-state index in [1.807, 2.05) is 0 Å². The first kappa shape index (κ1) is 27.2. The van der Waals surface area contributed by atoms with Gasteiger partial charge in [-0.25, -0.2) is 4.98 Å². The smallest absolute Gasteiger partial charge is 0.405 e. The predicted octanol–water partition coefficient (Wildman–Crippen LogP) is 5.02. The lowest BCUT2D eigenvalue weighted by molar-refractivity contribution is -0.384. The van der Waals surface area contributed by atoms with Gasteiger partial charge in [-0.3, -0.25) is 10.1 Å². The number of hydrogen-bond donors (Lipinski definition) is 3. The molecule has 1 fully saturated rings. The van der Waals surface area contributed by atoms with Crippen LogP contribution in [0.1, 0.15) is 31.2 Å². The van der Waals surface area contributed by atoms with Crippen molar-refractivity contribution in [3.05, 3.63) is 46.1 Å². The van der Waals surface area contributed by atoms with Crippen molar-refractivity contribution in [2.24, 2.45) is 5.92 Å². The van der Waals surface area contributed by atoms with Crippen molar-refractivity contribution in [3.63, 3.8) is 0 Å². The number of nitrogens with zero attached hydrogens (tertiary/aromatic N) is 3. The van der Waals surface area contributed by atoms with Gasteiger partial charge in [0.2, 0.25) is 11.8 Å². The zero-order valence-corrected chi connectivity index (χ0v) is 18.8. The minimum atomic E-state index is -4.87. The lowest BCUT2D eigenvalue weighted by Gasteiger charge is -2.29. The van der Waals surface area contributed by atoms with E-state index in [2.05, 4.69) is 30.7 Å². The fraction of sp³-hybridized carbons (Fsp3) is 0.524. The lowest BCUT2D eigenvalue weighted by atomic mass is 9.86. The highest BCUT2D eigenvalue weighted by Gasteiger charge is 2.32. The van der Waals surface area contributed by atoms with E-state index in [4.69, 9.17) is 0 Å². The van der Waals surface area contributed by atoms with E-state index < -0.39 is 29.8 Å². The number of nitrogens with one attached hydrogen (secondary N) is 3. The zero-order valence-electron chi connectivity index (χ0n) is 18.8. The van der Waals surface area contributed by atoms with Crippen molar-refractivity contribution < 1.29 is 36.0 Å². The van der Waals surface area contributed by atoms with Crippen LogP contribution in [0.2, 0.25) is 0 Å². The third-order valence-corrected chi connectivity index (χ3v) is 5.60. The average molecular weight is 522 g/mol. The number of halogens is 6. The summed E-state index contributed by atoms with van der Waals surface area (Å²) in [6.07, 6.45) is -5.83. The molecule has 3 rings (SSSR count). The Balaban J connectivity index is 1.59. The van der Waals surface area contributed by atoms with Gasteiger partial charge in [-0.1, -0.05) is 18.2 Å². The molecule has 0 bridgehead atoms. The number of hydrogen-bond acceptors (Lipinski definition) is 8. The van der Waals surface area contributed by atoms with Crippen LogP contribution in [-0.2, 0) is 6.54 Å². The summed E-state index contributed by atoms with van der Waals surface area (Å²) in [4.78, 5) is 18.7. The number of para-hydroxylation sites is 1. The van der Waals surface area contributed by atoms with E-state index >= 15 is 0 Å². The molecule has 1 heterocycles. The molecular formula is C21H24F6N6O3. The van der Waals surface area contributed by atoms with Gasteiger partial charge in [0.25, 0.3) is 0 Å². The van der Waals surface area contributed by atoms with E-state index in [1.54, 1.807) is 0 Å². The van der Waals surface area contributed by atoms with Gasteiger partial charge in [0.1, 0.15) is 11.9 Å². The highest BCUT2D eigenvalue weighted by Crippen LogP contribution is 2.29. The van der Waals surface area contributed by atoms with Crippen LogP contribution in [0.5, 0.6) is 5.75 Å². The summed E-state index contributed by atoms with van der Waals surface area (Å²) >= 11 is 0. The molecule has 0 amide bonds. The van der Waals surface area contributed by atoms with Gasteiger partial charge in [0.15, 0.2) is 0 Å². The summed E-state index contributed by atoms with van der Waals surface area (Å²) < 4.78 is 79.0. The normalized spacial score (nSPS) is 18.5. The van der Waals surface area contributed by atoms with Gasteiger partial charge in [0.05, 0.1) is 11.5 Å². The molecule has 0 unspecified atom stereocenters. The Morgan fingerprint density at radius 3 is 2.39 bits per heavy atom. The number of rotatable bonds is 10. The third kappa shape index (κ3) is 8.70. The first-order chi connectivity index (χ1) is 16.9. The Kier molecular flexibility index (Phi) is 8.76. The molecule has 1 aliphatic rings.